The molecule has 0 spiro atoms. The van der Waals surface area contributed by atoms with Gasteiger partial charge in [0.25, 0.3) is 0 Å². The maximum Gasteiger partial charge on any atom is 0.394 e. The van der Waals surface area contributed by atoms with E-state index in [1.165, 1.54) is 148 Å². The summed E-state index contributed by atoms with van der Waals surface area (Å²) in [4.78, 5) is 0. The molecule has 0 heterocycles. The Morgan fingerprint density at radius 1 is 0.250 bits per heavy atom. The molecule has 0 fully saturated rings. The summed E-state index contributed by atoms with van der Waals surface area (Å²) >= 11 is 0. The van der Waals surface area contributed by atoms with Crippen LogP contribution in [0, 0.1) is 121 Å². The molecule has 0 saturated carbocycles. The molecule has 0 unspecified atom stereocenters. The lowest BCUT2D eigenvalue weighted by molar-refractivity contribution is -0.211. The minimum atomic E-state index is -4.16. The average molecular weight is 1530 g/mol. The first-order chi connectivity index (χ1) is 51.3. The van der Waals surface area contributed by atoms with E-state index < -0.39 is 11.6 Å². The van der Waals surface area contributed by atoms with Gasteiger partial charge in [0.05, 0.1) is 5.41 Å². The fraction of sp³-hybridized carbons (Fsp3) is 0.505. The van der Waals surface area contributed by atoms with Crippen molar-refractivity contribution in [2.75, 3.05) is 0 Å². The largest absolute Gasteiger partial charge is 0.394 e. The maximum absolute atomic E-state index is 12.7. The van der Waals surface area contributed by atoms with E-state index in [0.29, 0.717) is 40.9 Å². The standard InChI is InChI=1S/C14H22.C13H17F3.2C13H20.2C12H18.2C11H16.C10H14/c1-10(2)13-9-12(14(4,5)6)8-7-11(13)3;1-9-5-6-11(7-10(9)2)8-12(3,4)13(14,15)16;1-10-6-7-12(8-11(10)2)9-13(3,4)5;1-9(2)12-7-6-11(5)13(8-12)10(3)4;1-9-6-7-11(8-10(9)2)12(3,4)5;1-9(2)7-12-6-5-10(3)11(4)8-12;1-8(2)11-6-5-9(3)10(4)7-11;1-8(2)11-7-9(3)5-6-10(11)4;1-8(2)10-7-5-4-6-9(10)3/h7-10H,1-6H3;5-7H,8H2,1-4H3;6-8H,9H2,1-5H3;6-10H,1-5H3;6-8H,1-5H3;5-6,8-9H,7H2,1-4H3;2*5-8H,1-4H3;4-8H,1-3H3. The highest BCUT2D eigenvalue weighted by Crippen LogP contribution is 2.40. The number of aryl methyl sites for hydroxylation is 15. The summed E-state index contributed by atoms with van der Waals surface area (Å²) in [7, 11) is 0. The predicted molar refractivity (Wildman–Crippen MR) is 496 cm³/mol. The van der Waals surface area contributed by atoms with Crippen LogP contribution in [-0.2, 0) is 30.1 Å². The molecule has 0 saturated heterocycles. The molecule has 0 amide bonds. The monoisotopic (exact) mass is 1530 g/mol. The lowest BCUT2D eigenvalue weighted by atomic mass is 9.83. The van der Waals surface area contributed by atoms with Crippen LogP contribution in [0.4, 0.5) is 13.2 Å². The smallest absolute Gasteiger partial charge is 0.171 e. The van der Waals surface area contributed by atoms with Crippen LogP contribution in [0.3, 0.4) is 0 Å². The lowest BCUT2D eigenvalue weighted by Gasteiger charge is -2.27. The fourth-order valence-electron chi connectivity index (χ4n) is 12.8. The minimum absolute atomic E-state index is 0.0254. The number of halogens is 3. The van der Waals surface area contributed by atoms with Gasteiger partial charge < -0.3 is 0 Å². The van der Waals surface area contributed by atoms with Crippen molar-refractivity contribution in [3.05, 3.63) is 315 Å². The van der Waals surface area contributed by atoms with Gasteiger partial charge in [-0.05, 0) is 320 Å². The molecule has 0 bridgehead atoms. The first-order valence-electron chi connectivity index (χ1n) is 42.0. The number of alkyl halides is 3. The van der Waals surface area contributed by atoms with Crippen molar-refractivity contribution in [2.45, 2.75) is 349 Å². The second kappa shape index (κ2) is 47.0. The van der Waals surface area contributed by atoms with Crippen molar-refractivity contribution in [3.8, 4) is 0 Å². The first-order valence-corrected chi connectivity index (χ1v) is 42.0. The van der Waals surface area contributed by atoms with Crippen molar-refractivity contribution in [3.63, 3.8) is 0 Å². The topological polar surface area (TPSA) is 0 Å². The van der Waals surface area contributed by atoms with Crippen molar-refractivity contribution < 1.29 is 13.2 Å². The number of hydrogen-bond donors (Lipinski definition) is 0. The van der Waals surface area contributed by atoms with E-state index in [1.54, 1.807) is 6.07 Å². The van der Waals surface area contributed by atoms with Gasteiger partial charge in [-0.25, -0.2) is 0 Å². The van der Waals surface area contributed by atoms with Crippen LogP contribution in [-0.4, -0.2) is 6.18 Å². The Bertz CT molecular complexity index is 4240. The van der Waals surface area contributed by atoms with Crippen LogP contribution in [0.25, 0.3) is 0 Å². The minimum Gasteiger partial charge on any atom is -0.171 e. The van der Waals surface area contributed by atoms with E-state index in [2.05, 4.69) is 401 Å². The fourth-order valence-corrected chi connectivity index (χ4v) is 12.8. The molecule has 9 rings (SSSR count). The second-order valence-corrected chi connectivity index (χ2v) is 38.6. The molecule has 0 nitrogen and oxygen atoms in total. The molecule has 0 aliphatic heterocycles. The molecule has 0 aliphatic rings. The predicted octanol–water partition coefficient (Wildman–Crippen LogP) is 34.1. The molecule has 0 atom stereocenters. The maximum atomic E-state index is 12.7. The number of benzene rings is 9. The van der Waals surface area contributed by atoms with Gasteiger partial charge in [0.15, 0.2) is 0 Å². The number of hydrogen-bond acceptors (Lipinski definition) is 0. The zero-order valence-electron chi connectivity index (χ0n) is 79.0. The highest BCUT2D eigenvalue weighted by atomic mass is 19.4. The molecular formula is C109H161F3. The average Bonchev–Trinajstić information content (AvgIpc) is 0.822. The molecule has 3 heteroatoms. The van der Waals surface area contributed by atoms with E-state index in [4.69, 9.17) is 0 Å². The number of rotatable bonds is 11. The third kappa shape index (κ3) is 38.3. The molecule has 0 N–H and O–H groups in total. The van der Waals surface area contributed by atoms with E-state index >= 15 is 0 Å². The Kier molecular flexibility index (Phi) is 43.1. The van der Waals surface area contributed by atoms with Gasteiger partial charge in [0.2, 0.25) is 0 Å². The molecule has 9 aromatic rings. The first kappa shape index (κ1) is 103. The quantitative estimate of drug-likeness (QED) is 0.121. The normalized spacial score (nSPS) is 11.5. The summed E-state index contributed by atoms with van der Waals surface area (Å²) in [6, 6.07) is 61.3. The lowest BCUT2D eigenvalue weighted by Crippen LogP contribution is -2.34. The highest BCUT2D eigenvalue weighted by molar-refractivity contribution is 5.40. The van der Waals surface area contributed by atoms with Crippen LogP contribution in [0.2, 0.25) is 0 Å². The molecule has 0 aromatic heterocycles. The van der Waals surface area contributed by atoms with Crippen molar-refractivity contribution in [1.29, 1.82) is 0 Å². The van der Waals surface area contributed by atoms with Gasteiger partial charge in [-0.2, -0.15) is 13.2 Å². The van der Waals surface area contributed by atoms with Crippen LogP contribution in [0.5, 0.6) is 0 Å². The molecular weight excluding hydrogens is 1370 g/mol. The Hall–Kier alpha value is -7.23. The Labute approximate surface area is 689 Å². The zero-order chi connectivity index (χ0) is 86.5. The Balaban J connectivity index is 0.000000632. The summed E-state index contributed by atoms with van der Waals surface area (Å²) < 4.78 is 38.1. The van der Waals surface area contributed by atoms with Crippen molar-refractivity contribution in [2.24, 2.45) is 16.7 Å². The van der Waals surface area contributed by atoms with Crippen LogP contribution >= 0.6 is 0 Å². The second-order valence-electron chi connectivity index (χ2n) is 38.6. The summed E-state index contributed by atoms with van der Waals surface area (Å²) in [5, 5.41) is 0. The molecule has 9 aromatic carbocycles. The highest BCUT2D eigenvalue weighted by Gasteiger charge is 2.47. The molecule has 0 aliphatic carbocycles. The van der Waals surface area contributed by atoms with Gasteiger partial charge in [0, 0.05) is 0 Å². The zero-order valence-corrected chi connectivity index (χ0v) is 79.0. The van der Waals surface area contributed by atoms with Gasteiger partial charge in [-0.15, -0.1) is 0 Å². The van der Waals surface area contributed by atoms with E-state index in [0.717, 1.165) is 29.0 Å². The molecule has 0 radical (unpaired) electrons. The van der Waals surface area contributed by atoms with Crippen molar-refractivity contribution in [1.82, 2.24) is 0 Å². The Morgan fingerprint density at radius 3 is 0.893 bits per heavy atom. The van der Waals surface area contributed by atoms with E-state index in [1.807, 2.05) is 26.0 Å². The summed E-state index contributed by atoms with van der Waals surface area (Å²) in [5.74, 6) is 4.60. The van der Waals surface area contributed by atoms with E-state index in [-0.39, 0.29) is 17.3 Å². The molecule has 618 valence electrons. The van der Waals surface area contributed by atoms with Gasteiger partial charge >= 0.3 is 6.18 Å². The van der Waals surface area contributed by atoms with E-state index in [9.17, 15) is 13.2 Å². The van der Waals surface area contributed by atoms with Crippen LogP contribution in [0.1, 0.15) is 353 Å². The third-order valence-electron chi connectivity index (χ3n) is 21.3. The summed E-state index contributed by atoms with van der Waals surface area (Å²) in [6.07, 6.45) is -1.78. The van der Waals surface area contributed by atoms with Gasteiger partial charge in [-0.3, -0.25) is 0 Å². The summed E-state index contributed by atoms with van der Waals surface area (Å²) in [5.41, 5.74) is 34.9. The van der Waals surface area contributed by atoms with Crippen molar-refractivity contribution >= 4 is 0 Å². The summed E-state index contributed by atoms with van der Waals surface area (Å²) in [6.45, 7) is 86.3. The van der Waals surface area contributed by atoms with Crippen LogP contribution in [0.15, 0.2) is 170 Å². The third-order valence-corrected chi connectivity index (χ3v) is 21.3. The van der Waals surface area contributed by atoms with Crippen LogP contribution < -0.4 is 0 Å². The SMILES string of the molecule is Cc1ccc(C(C)(C)C)cc1C.Cc1ccc(C(C)(C)C)cc1C(C)C.Cc1ccc(C(C)C)cc1C.Cc1ccc(C(C)C)cc1C(C)C.Cc1ccc(C)c(C(C)C)c1.Cc1ccc(CC(C)(C)C(F)(F)F)cc1C.Cc1ccc(CC(C)(C)C)cc1C.Cc1ccc(CC(C)C)cc1C.Cc1ccccc1C(C)C. The molecule has 112 heavy (non-hydrogen) atoms. The van der Waals surface area contributed by atoms with Gasteiger partial charge in [0.1, 0.15) is 0 Å². The van der Waals surface area contributed by atoms with Gasteiger partial charge in [-0.1, -0.05) is 349 Å². The Morgan fingerprint density at radius 2 is 0.554 bits per heavy atom.